The number of anilines is 6. The molecule has 0 bridgehead atoms. The fourth-order valence-electron chi connectivity index (χ4n) is 11.4. The van der Waals surface area contributed by atoms with Gasteiger partial charge in [-0.25, -0.2) is 0 Å². The van der Waals surface area contributed by atoms with E-state index in [1.54, 1.807) is 0 Å². The summed E-state index contributed by atoms with van der Waals surface area (Å²) in [5.74, 6) is 0. The van der Waals surface area contributed by atoms with E-state index in [0.29, 0.717) is 0 Å². The Morgan fingerprint density at radius 3 is 0.800 bits per heavy atom. The van der Waals surface area contributed by atoms with Crippen molar-refractivity contribution in [1.82, 2.24) is 0 Å². The van der Waals surface area contributed by atoms with E-state index in [9.17, 15) is 0 Å². The van der Waals surface area contributed by atoms with Gasteiger partial charge in [0.25, 0.3) is 0 Å². The molecule has 0 radical (unpaired) electrons. The Morgan fingerprint density at radius 2 is 0.512 bits per heavy atom. The van der Waals surface area contributed by atoms with Crippen molar-refractivity contribution in [2.45, 2.75) is 91.7 Å². The number of benzene rings is 11. The lowest BCUT2D eigenvalue weighted by molar-refractivity contribution is 0.590. The van der Waals surface area contributed by atoms with Crippen molar-refractivity contribution in [2.24, 2.45) is 0 Å². The van der Waals surface area contributed by atoms with Crippen LogP contribution < -0.4 is 20.2 Å². The van der Waals surface area contributed by atoms with Crippen molar-refractivity contribution in [3.05, 3.63) is 254 Å². The summed E-state index contributed by atoms with van der Waals surface area (Å²) in [7, 11) is -3.12. The Balaban J connectivity index is 1.21. The molecule has 0 saturated heterocycles. The van der Waals surface area contributed by atoms with Crippen molar-refractivity contribution in [3.8, 4) is 44.5 Å². The zero-order chi connectivity index (χ0) is 56.1. The second kappa shape index (κ2) is 21.2. The second-order valence-electron chi connectivity index (χ2n) is 26.0. The molecule has 80 heavy (non-hydrogen) atoms. The molecule has 2 nitrogen and oxygen atoms in total. The minimum Gasteiger partial charge on any atom is -0.310 e. The molecule has 0 N–H and O–H groups in total. The van der Waals surface area contributed by atoms with E-state index in [0.717, 1.165) is 34.1 Å². The van der Waals surface area contributed by atoms with Crippen molar-refractivity contribution >= 4 is 82.2 Å². The molecule has 0 atom stereocenters. The van der Waals surface area contributed by atoms with Gasteiger partial charge in [0.1, 0.15) is 0 Å². The molecule has 0 heterocycles. The molecule has 0 aliphatic rings. The highest BCUT2D eigenvalue weighted by atomic mass is 28.3. The van der Waals surface area contributed by atoms with Gasteiger partial charge in [-0.2, -0.15) is 0 Å². The molecule has 0 saturated carbocycles. The largest absolute Gasteiger partial charge is 0.310 e. The third-order valence-electron chi connectivity index (χ3n) is 16.1. The number of hydrogen-bond acceptors (Lipinski definition) is 2. The van der Waals surface area contributed by atoms with Crippen LogP contribution in [0.4, 0.5) is 34.1 Å². The maximum absolute atomic E-state index is 2.47. The van der Waals surface area contributed by atoms with Gasteiger partial charge in [-0.3, -0.25) is 0 Å². The lowest BCUT2D eigenvalue weighted by atomic mass is 9.84. The number of hydrogen-bond donors (Lipinski definition) is 0. The first-order valence-corrected chi connectivity index (χ1v) is 35.6. The van der Waals surface area contributed by atoms with Gasteiger partial charge in [-0.15, -0.1) is 0 Å². The summed E-state index contributed by atoms with van der Waals surface area (Å²) >= 11 is 0. The lowest BCUT2D eigenvalue weighted by Crippen LogP contribution is -2.37. The summed E-state index contributed by atoms with van der Waals surface area (Å²) in [5.41, 5.74) is 19.0. The van der Waals surface area contributed by atoms with Gasteiger partial charge in [-0.1, -0.05) is 261 Å². The zero-order valence-corrected chi connectivity index (χ0v) is 51.0. The van der Waals surface area contributed by atoms with Crippen molar-refractivity contribution in [3.63, 3.8) is 0 Å². The summed E-state index contributed by atoms with van der Waals surface area (Å²) in [4.78, 5) is 4.92. The molecule has 0 amide bonds. The van der Waals surface area contributed by atoms with Gasteiger partial charge in [0.2, 0.25) is 0 Å². The normalized spacial score (nSPS) is 12.2. The third-order valence-corrected chi connectivity index (χ3v) is 20.3. The van der Waals surface area contributed by atoms with Crippen molar-refractivity contribution in [1.29, 1.82) is 0 Å². The third kappa shape index (κ3) is 11.0. The molecule has 0 aliphatic carbocycles. The van der Waals surface area contributed by atoms with Gasteiger partial charge in [0, 0.05) is 34.1 Å². The van der Waals surface area contributed by atoms with Crippen LogP contribution >= 0.6 is 0 Å². The second-order valence-corrected chi connectivity index (χ2v) is 36.1. The maximum atomic E-state index is 2.47. The fourth-order valence-corrected chi connectivity index (χ4v) is 13.7. The van der Waals surface area contributed by atoms with Gasteiger partial charge in [0.15, 0.2) is 0 Å². The zero-order valence-electron chi connectivity index (χ0n) is 49.0. The number of fused-ring (bicyclic) bond motifs is 2. The average molecular weight is 1070 g/mol. The SMILES string of the molecule is CC(C)(C)c1ccc(N(c2ccc([Si](C)(C)C)cc2)c2ccc3c(-c4ccc(-c5ccccc5)cc4)c4cc(N(c5ccc(C(C)(C)C)cc5)c5ccc([Si](C)(C)C)cc5)ccc4c(-c4ccc(-c5ccccc5)cc4)c3c2)cc1. The van der Waals surface area contributed by atoms with E-state index in [2.05, 4.69) is 333 Å². The van der Waals surface area contributed by atoms with E-state index in [1.165, 1.54) is 87.6 Å². The molecule has 11 aromatic rings. The van der Waals surface area contributed by atoms with E-state index < -0.39 is 16.1 Å². The fraction of sp³-hybridized carbons (Fsp3) is 0.184. The van der Waals surface area contributed by atoms with E-state index in [-0.39, 0.29) is 10.8 Å². The van der Waals surface area contributed by atoms with Crippen molar-refractivity contribution < 1.29 is 0 Å². The summed E-state index contributed by atoms with van der Waals surface area (Å²) in [6, 6.07) is 91.8. The Bertz CT molecular complexity index is 3570. The van der Waals surface area contributed by atoms with E-state index >= 15 is 0 Å². The molecule has 398 valence electrons. The number of rotatable bonds is 12. The van der Waals surface area contributed by atoms with E-state index in [1.807, 2.05) is 0 Å². The minimum atomic E-state index is -1.56. The van der Waals surface area contributed by atoms with Crippen LogP contribution in [0.1, 0.15) is 52.7 Å². The Morgan fingerprint density at radius 1 is 0.250 bits per heavy atom. The minimum absolute atomic E-state index is 0.0269. The topological polar surface area (TPSA) is 6.48 Å². The number of nitrogens with zero attached hydrogens (tertiary/aromatic N) is 2. The summed E-state index contributed by atoms with van der Waals surface area (Å²) in [6.45, 7) is 28.3. The quantitative estimate of drug-likeness (QED) is 0.0889. The molecule has 0 fully saturated rings. The molecular weight excluding hydrogens is 997 g/mol. The first kappa shape index (κ1) is 54.0. The molecule has 0 aliphatic heterocycles. The predicted octanol–water partition coefficient (Wildman–Crippen LogP) is 21.3. The molecule has 4 heteroatoms. The highest BCUT2D eigenvalue weighted by Crippen LogP contribution is 2.49. The van der Waals surface area contributed by atoms with E-state index in [4.69, 9.17) is 0 Å². The molecule has 0 spiro atoms. The van der Waals surface area contributed by atoms with Crippen LogP contribution in [-0.2, 0) is 10.8 Å². The Labute approximate surface area is 479 Å². The van der Waals surface area contributed by atoms with Crippen LogP contribution in [-0.4, -0.2) is 16.1 Å². The molecule has 0 unspecified atom stereocenters. The Hall–Kier alpha value is -8.03. The van der Waals surface area contributed by atoms with Gasteiger partial charge in [0.05, 0.1) is 16.1 Å². The monoisotopic (exact) mass is 1070 g/mol. The molecule has 11 rings (SSSR count). The summed E-state index contributed by atoms with van der Waals surface area (Å²) in [6.07, 6.45) is 0. The van der Waals surface area contributed by atoms with Gasteiger partial charge >= 0.3 is 0 Å². The van der Waals surface area contributed by atoms with Gasteiger partial charge < -0.3 is 9.80 Å². The van der Waals surface area contributed by atoms with Crippen LogP contribution in [0.2, 0.25) is 39.3 Å². The van der Waals surface area contributed by atoms with Gasteiger partial charge in [-0.05, 0) is 161 Å². The molecule has 11 aromatic carbocycles. The smallest absolute Gasteiger partial charge is 0.0775 e. The highest BCUT2D eigenvalue weighted by molar-refractivity contribution is 6.89. The van der Waals surface area contributed by atoms with Crippen LogP contribution in [0.15, 0.2) is 243 Å². The standard InChI is InChI=1S/C76H76N2Si2/c1-75(2,3)59-31-35-61(36-32-59)77(63-39-45-67(46-40-63)79(7,8)9)65-43-49-69-71(51-65)73(57-27-23-55(24-28-57)53-19-15-13-16-20-53)70-50-44-66(52-72(70)74(69)58-29-25-56(26-30-58)54-21-17-14-18-22-54)78(62-37-33-60(34-38-62)76(4,5)6)64-41-47-68(48-42-64)80(10,11)12/h13-52H,1-12H3. The summed E-state index contributed by atoms with van der Waals surface area (Å²) in [5, 5.41) is 7.69. The molecule has 0 aromatic heterocycles. The van der Waals surface area contributed by atoms with Crippen molar-refractivity contribution in [2.75, 3.05) is 9.80 Å². The first-order valence-electron chi connectivity index (χ1n) is 28.6. The first-order chi connectivity index (χ1) is 38.2. The predicted molar refractivity (Wildman–Crippen MR) is 356 cm³/mol. The maximum Gasteiger partial charge on any atom is 0.0775 e. The van der Waals surface area contributed by atoms with Crippen LogP contribution in [0.3, 0.4) is 0 Å². The van der Waals surface area contributed by atoms with Crippen LogP contribution in [0.25, 0.3) is 66.1 Å². The lowest BCUT2D eigenvalue weighted by Gasteiger charge is -2.29. The average Bonchev–Trinajstić information content (AvgIpc) is 3.64. The van der Waals surface area contributed by atoms with Crippen LogP contribution in [0.5, 0.6) is 0 Å². The molecular formula is C76H76N2Si2. The van der Waals surface area contributed by atoms with Crippen LogP contribution in [0, 0.1) is 0 Å². The Kier molecular flexibility index (Phi) is 14.3. The highest BCUT2D eigenvalue weighted by Gasteiger charge is 2.25. The summed E-state index contributed by atoms with van der Waals surface area (Å²) < 4.78 is 0.